The Hall–Kier alpha value is -0.750. The van der Waals surface area contributed by atoms with Crippen molar-refractivity contribution in [2.24, 2.45) is 5.73 Å². The van der Waals surface area contributed by atoms with E-state index in [-0.39, 0.29) is 13.1 Å². The van der Waals surface area contributed by atoms with E-state index in [4.69, 9.17) is 17.3 Å². The van der Waals surface area contributed by atoms with Gasteiger partial charge in [0.2, 0.25) is 0 Å². The van der Waals surface area contributed by atoms with Crippen LogP contribution in [0.2, 0.25) is 5.02 Å². The molecule has 0 spiro atoms. The summed E-state index contributed by atoms with van der Waals surface area (Å²) >= 11 is 5.32. The van der Waals surface area contributed by atoms with Gasteiger partial charge in [-0.15, -0.1) is 0 Å². The normalized spacial score (nSPS) is 12.1. The minimum atomic E-state index is -4.50. The van der Waals surface area contributed by atoms with Crippen LogP contribution < -0.4 is 5.73 Å². The summed E-state index contributed by atoms with van der Waals surface area (Å²) in [6.45, 7) is 0.436. The summed E-state index contributed by atoms with van der Waals surface area (Å²) in [6, 6.07) is 0. The van der Waals surface area contributed by atoms with Gasteiger partial charge in [-0.25, -0.2) is 0 Å². The van der Waals surface area contributed by atoms with Crippen molar-refractivity contribution in [3.63, 3.8) is 0 Å². The molecule has 0 aliphatic heterocycles. The maximum Gasteiger partial charge on any atom is 0.436 e. The maximum atomic E-state index is 12.1. The van der Waals surface area contributed by atoms with Gasteiger partial charge in [-0.3, -0.25) is 4.68 Å². The standard InChI is InChI=1S/C6H7ClF3N3/c7-4-3-13(2-1-11)12-5(4)6(8,9)10/h3H,1-2,11H2. The van der Waals surface area contributed by atoms with Gasteiger partial charge in [0.25, 0.3) is 0 Å². The van der Waals surface area contributed by atoms with Gasteiger partial charge in [0.15, 0.2) is 5.69 Å². The highest BCUT2D eigenvalue weighted by Gasteiger charge is 2.36. The van der Waals surface area contributed by atoms with E-state index in [0.717, 1.165) is 10.9 Å². The molecule has 7 heteroatoms. The molecule has 1 rings (SSSR count). The van der Waals surface area contributed by atoms with E-state index in [1.165, 1.54) is 0 Å². The molecule has 2 N–H and O–H groups in total. The van der Waals surface area contributed by atoms with Crippen LogP contribution in [0.1, 0.15) is 5.69 Å². The minimum Gasteiger partial charge on any atom is -0.329 e. The summed E-state index contributed by atoms with van der Waals surface area (Å²) in [5.41, 5.74) is 4.08. The smallest absolute Gasteiger partial charge is 0.329 e. The first-order valence-electron chi connectivity index (χ1n) is 3.45. The molecular weight excluding hydrogens is 207 g/mol. The van der Waals surface area contributed by atoms with Crippen molar-refractivity contribution < 1.29 is 13.2 Å². The molecule has 0 fully saturated rings. The number of alkyl halides is 3. The topological polar surface area (TPSA) is 43.8 Å². The first-order valence-corrected chi connectivity index (χ1v) is 3.83. The molecule has 13 heavy (non-hydrogen) atoms. The quantitative estimate of drug-likeness (QED) is 0.810. The summed E-state index contributed by atoms with van der Waals surface area (Å²) in [5.74, 6) is 0. The Labute approximate surface area is 77.3 Å². The maximum absolute atomic E-state index is 12.1. The lowest BCUT2D eigenvalue weighted by Gasteiger charge is -2.01. The van der Waals surface area contributed by atoms with Crippen LogP contribution in [0, 0.1) is 0 Å². The fraction of sp³-hybridized carbons (Fsp3) is 0.500. The van der Waals surface area contributed by atoms with Crippen molar-refractivity contribution in [2.45, 2.75) is 12.7 Å². The lowest BCUT2D eigenvalue weighted by atomic mass is 10.4. The Morgan fingerprint density at radius 1 is 1.54 bits per heavy atom. The lowest BCUT2D eigenvalue weighted by Crippen LogP contribution is -2.12. The molecule has 0 aromatic carbocycles. The molecule has 0 bridgehead atoms. The van der Waals surface area contributed by atoms with Crippen LogP contribution in [0.5, 0.6) is 0 Å². The van der Waals surface area contributed by atoms with Crippen LogP contribution >= 0.6 is 11.6 Å². The molecule has 0 atom stereocenters. The number of nitrogens with zero attached hydrogens (tertiary/aromatic N) is 2. The van der Waals surface area contributed by atoms with Gasteiger partial charge in [0.1, 0.15) is 0 Å². The van der Waals surface area contributed by atoms with E-state index in [1.807, 2.05) is 0 Å². The van der Waals surface area contributed by atoms with Gasteiger partial charge in [0, 0.05) is 12.7 Å². The molecule has 0 unspecified atom stereocenters. The van der Waals surface area contributed by atoms with Crippen LogP contribution in [-0.2, 0) is 12.7 Å². The van der Waals surface area contributed by atoms with Crippen molar-refractivity contribution in [1.82, 2.24) is 9.78 Å². The van der Waals surface area contributed by atoms with Gasteiger partial charge < -0.3 is 5.73 Å². The van der Waals surface area contributed by atoms with Crippen molar-refractivity contribution >= 4 is 11.6 Å². The molecule has 0 saturated carbocycles. The van der Waals surface area contributed by atoms with E-state index < -0.39 is 16.9 Å². The summed E-state index contributed by atoms with van der Waals surface area (Å²) in [4.78, 5) is 0. The fourth-order valence-electron chi connectivity index (χ4n) is 0.836. The van der Waals surface area contributed by atoms with Crippen LogP contribution in [0.15, 0.2) is 6.20 Å². The minimum absolute atomic E-state index is 0.218. The van der Waals surface area contributed by atoms with Gasteiger partial charge in [-0.1, -0.05) is 11.6 Å². The highest BCUT2D eigenvalue weighted by atomic mass is 35.5. The Morgan fingerprint density at radius 3 is 2.54 bits per heavy atom. The summed E-state index contributed by atoms with van der Waals surface area (Å²) in [5, 5.41) is 2.85. The predicted octanol–water partition coefficient (Wildman–Crippen LogP) is 1.51. The molecule has 0 amide bonds. The summed E-state index contributed by atoms with van der Waals surface area (Å²) in [6.07, 6.45) is -3.39. The molecule has 74 valence electrons. The molecule has 1 heterocycles. The van der Waals surface area contributed by atoms with Crippen molar-refractivity contribution in [1.29, 1.82) is 0 Å². The van der Waals surface area contributed by atoms with Gasteiger partial charge in [0.05, 0.1) is 11.6 Å². The Morgan fingerprint density at radius 2 is 2.15 bits per heavy atom. The largest absolute Gasteiger partial charge is 0.436 e. The lowest BCUT2D eigenvalue weighted by molar-refractivity contribution is -0.141. The number of hydrogen-bond acceptors (Lipinski definition) is 2. The monoisotopic (exact) mass is 213 g/mol. The third kappa shape index (κ3) is 2.35. The third-order valence-corrected chi connectivity index (χ3v) is 1.62. The van der Waals surface area contributed by atoms with E-state index in [9.17, 15) is 13.2 Å². The zero-order valence-corrected chi connectivity index (χ0v) is 7.23. The zero-order valence-electron chi connectivity index (χ0n) is 6.48. The number of rotatable bonds is 2. The molecule has 0 aliphatic rings. The molecular formula is C6H7ClF3N3. The Balaban J connectivity index is 2.96. The zero-order chi connectivity index (χ0) is 10.1. The highest BCUT2D eigenvalue weighted by Crippen LogP contribution is 2.32. The summed E-state index contributed by atoms with van der Waals surface area (Å²) in [7, 11) is 0. The number of halogens is 4. The SMILES string of the molecule is NCCn1cc(Cl)c(C(F)(F)F)n1. The Kier molecular flexibility index (Phi) is 2.82. The van der Waals surface area contributed by atoms with Crippen molar-refractivity contribution in [3.05, 3.63) is 16.9 Å². The van der Waals surface area contributed by atoms with Gasteiger partial charge in [-0.2, -0.15) is 18.3 Å². The molecule has 0 aliphatic carbocycles. The summed E-state index contributed by atoms with van der Waals surface area (Å²) < 4.78 is 37.4. The van der Waals surface area contributed by atoms with Crippen molar-refractivity contribution in [3.8, 4) is 0 Å². The number of nitrogens with two attached hydrogens (primary N) is 1. The number of hydrogen-bond donors (Lipinski definition) is 1. The van der Waals surface area contributed by atoms with Crippen LogP contribution in [0.3, 0.4) is 0 Å². The third-order valence-electron chi connectivity index (χ3n) is 1.34. The van der Waals surface area contributed by atoms with Gasteiger partial charge in [-0.05, 0) is 0 Å². The van der Waals surface area contributed by atoms with E-state index in [1.54, 1.807) is 0 Å². The fourth-order valence-corrected chi connectivity index (χ4v) is 1.09. The predicted molar refractivity (Wildman–Crippen MR) is 41.3 cm³/mol. The highest BCUT2D eigenvalue weighted by molar-refractivity contribution is 6.31. The second-order valence-electron chi connectivity index (χ2n) is 2.38. The van der Waals surface area contributed by atoms with Crippen LogP contribution in [0.25, 0.3) is 0 Å². The van der Waals surface area contributed by atoms with E-state index >= 15 is 0 Å². The second-order valence-corrected chi connectivity index (χ2v) is 2.78. The molecule has 0 radical (unpaired) electrons. The van der Waals surface area contributed by atoms with E-state index in [2.05, 4.69) is 5.10 Å². The molecule has 1 aromatic rings. The van der Waals surface area contributed by atoms with E-state index in [0.29, 0.717) is 0 Å². The van der Waals surface area contributed by atoms with Crippen LogP contribution in [-0.4, -0.2) is 16.3 Å². The first kappa shape index (κ1) is 10.3. The molecule has 3 nitrogen and oxygen atoms in total. The average Bonchev–Trinajstić information content (AvgIpc) is 2.30. The van der Waals surface area contributed by atoms with Crippen molar-refractivity contribution in [2.75, 3.05) is 6.54 Å². The molecule has 1 aromatic heterocycles. The Bertz CT molecular complexity index is 294. The molecule has 0 saturated heterocycles. The number of aromatic nitrogens is 2. The second kappa shape index (κ2) is 3.55. The average molecular weight is 214 g/mol. The first-order chi connectivity index (χ1) is 5.95. The van der Waals surface area contributed by atoms with Gasteiger partial charge >= 0.3 is 6.18 Å². The van der Waals surface area contributed by atoms with Crippen LogP contribution in [0.4, 0.5) is 13.2 Å².